The summed E-state index contributed by atoms with van der Waals surface area (Å²) < 4.78 is 1.86. The van der Waals surface area contributed by atoms with Gasteiger partial charge in [0.15, 0.2) is 5.65 Å². The second-order valence-electron chi connectivity index (χ2n) is 6.79. The Morgan fingerprint density at radius 1 is 1.12 bits per heavy atom. The standard InChI is InChI=1S/C20H22N4O/c1-13-7-6-9-17(14(13)2)23-20(25)16-12-22-24-18-10-5-3-4-8-15(18)11-21-19(16)24/h6-7,9,11-12H,3-5,8,10H2,1-2H3,(H,23,25). The van der Waals surface area contributed by atoms with E-state index < -0.39 is 0 Å². The largest absolute Gasteiger partial charge is 0.322 e. The van der Waals surface area contributed by atoms with Gasteiger partial charge in [0.2, 0.25) is 0 Å². The van der Waals surface area contributed by atoms with Crippen LogP contribution < -0.4 is 5.32 Å². The predicted molar refractivity (Wildman–Crippen MR) is 98.1 cm³/mol. The third kappa shape index (κ3) is 2.80. The molecule has 1 aliphatic rings. The molecule has 1 amide bonds. The van der Waals surface area contributed by atoms with Crippen molar-refractivity contribution >= 4 is 17.2 Å². The monoisotopic (exact) mass is 334 g/mol. The number of aryl methyl sites for hydroxylation is 3. The fourth-order valence-electron chi connectivity index (χ4n) is 3.51. The van der Waals surface area contributed by atoms with Crippen LogP contribution in [-0.2, 0) is 12.8 Å². The lowest BCUT2D eigenvalue weighted by molar-refractivity contribution is 0.102. The maximum absolute atomic E-state index is 12.8. The summed E-state index contributed by atoms with van der Waals surface area (Å²) in [5.74, 6) is -0.162. The van der Waals surface area contributed by atoms with Crippen LogP contribution in [0.2, 0.25) is 0 Å². The normalized spacial score (nSPS) is 14.2. The van der Waals surface area contributed by atoms with Crippen LogP contribution in [0.3, 0.4) is 0 Å². The number of rotatable bonds is 2. The van der Waals surface area contributed by atoms with Crippen LogP contribution in [0.5, 0.6) is 0 Å². The van der Waals surface area contributed by atoms with Gasteiger partial charge in [-0.05, 0) is 62.3 Å². The van der Waals surface area contributed by atoms with Gasteiger partial charge in [-0.1, -0.05) is 18.6 Å². The SMILES string of the molecule is Cc1cccc(NC(=O)c2cnn3c4c(cnc23)CCCCC4)c1C. The van der Waals surface area contributed by atoms with E-state index in [2.05, 4.69) is 15.4 Å². The van der Waals surface area contributed by atoms with Gasteiger partial charge >= 0.3 is 0 Å². The molecule has 0 saturated carbocycles. The van der Waals surface area contributed by atoms with Crippen LogP contribution in [0.25, 0.3) is 5.65 Å². The zero-order chi connectivity index (χ0) is 17.4. The highest BCUT2D eigenvalue weighted by molar-refractivity contribution is 6.08. The van der Waals surface area contributed by atoms with Crippen molar-refractivity contribution in [3.05, 3.63) is 58.5 Å². The van der Waals surface area contributed by atoms with Crippen LogP contribution in [0, 0.1) is 13.8 Å². The lowest BCUT2D eigenvalue weighted by Gasteiger charge is -2.10. The van der Waals surface area contributed by atoms with Gasteiger partial charge in [0.25, 0.3) is 5.91 Å². The zero-order valence-electron chi connectivity index (χ0n) is 14.7. The van der Waals surface area contributed by atoms with Gasteiger partial charge in [0, 0.05) is 17.6 Å². The Labute approximate surface area is 147 Å². The first kappa shape index (κ1) is 15.8. The summed E-state index contributed by atoms with van der Waals surface area (Å²) in [6.07, 6.45) is 9.19. The van der Waals surface area contributed by atoms with Gasteiger partial charge in [-0.25, -0.2) is 9.50 Å². The second-order valence-corrected chi connectivity index (χ2v) is 6.79. The lowest BCUT2D eigenvalue weighted by atomic mass is 10.1. The van der Waals surface area contributed by atoms with E-state index in [0.717, 1.165) is 36.1 Å². The average Bonchev–Trinajstić information content (AvgIpc) is 2.89. The van der Waals surface area contributed by atoms with Crippen LogP contribution in [0.15, 0.2) is 30.6 Å². The van der Waals surface area contributed by atoms with E-state index in [1.807, 2.05) is 42.8 Å². The van der Waals surface area contributed by atoms with Crippen molar-refractivity contribution in [3.63, 3.8) is 0 Å². The molecule has 0 atom stereocenters. The molecule has 2 aromatic heterocycles. The Morgan fingerprint density at radius 2 is 1.96 bits per heavy atom. The molecule has 1 N–H and O–H groups in total. The van der Waals surface area contributed by atoms with Gasteiger partial charge < -0.3 is 5.32 Å². The molecule has 25 heavy (non-hydrogen) atoms. The fourth-order valence-corrected chi connectivity index (χ4v) is 3.51. The molecule has 0 radical (unpaired) electrons. The van der Waals surface area contributed by atoms with Gasteiger partial charge in [-0.3, -0.25) is 4.79 Å². The minimum Gasteiger partial charge on any atom is -0.322 e. The highest BCUT2D eigenvalue weighted by atomic mass is 16.1. The molecule has 0 unspecified atom stereocenters. The number of nitrogens with zero attached hydrogens (tertiary/aromatic N) is 3. The Bertz CT molecular complexity index is 958. The van der Waals surface area contributed by atoms with E-state index in [1.54, 1.807) is 6.20 Å². The predicted octanol–water partition coefficient (Wildman–Crippen LogP) is 3.87. The molecule has 0 spiro atoms. The quantitative estimate of drug-likeness (QED) is 0.724. The lowest BCUT2D eigenvalue weighted by Crippen LogP contribution is -2.14. The highest BCUT2D eigenvalue weighted by Crippen LogP contribution is 2.23. The number of hydrogen-bond donors (Lipinski definition) is 1. The number of anilines is 1. The first-order chi connectivity index (χ1) is 12.1. The molecule has 2 heterocycles. The summed E-state index contributed by atoms with van der Waals surface area (Å²) in [5, 5.41) is 7.48. The van der Waals surface area contributed by atoms with E-state index in [0.29, 0.717) is 11.2 Å². The Morgan fingerprint density at radius 3 is 2.84 bits per heavy atom. The van der Waals surface area contributed by atoms with E-state index in [-0.39, 0.29) is 5.91 Å². The maximum Gasteiger partial charge on any atom is 0.261 e. The van der Waals surface area contributed by atoms with Gasteiger partial charge in [0.05, 0.1) is 6.20 Å². The summed E-state index contributed by atoms with van der Waals surface area (Å²) in [6, 6.07) is 5.91. The van der Waals surface area contributed by atoms with Crippen molar-refractivity contribution in [2.24, 2.45) is 0 Å². The molecule has 128 valence electrons. The van der Waals surface area contributed by atoms with Crippen LogP contribution in [0.4, 0.5) is 5.69 Å². The second kappa shape index (κ2) is 6.31. The van der Waals surface area contributed by atoms with E-state index in [4.69, 9.17) is 0 Å². The minimum absolute atomic E-state index is 0.162. The van der Waals surface area contributed by atoms with Crippen molar-refractivity contribution in [2.45, 2.75) is 46.0 Å². The third-order valence-corrected chi connectivity index (χ3v) is 5.17. The number of hydrogen-bond acceptors (Lipinski definition) is 3. The van der Waals surface area contributed by atoms with Gasteiger partial charge in [-0.15, -0.1) is 0 Å². The number of amides is 1. The number of benzene rings is 1. The average molecular weight is 334 g/mol. The first-order valence-electron chi connectivity index (χ1n) is 8.87. The van der Waals surface area contributed by atoms with Crippen molar-refractivity contribution in [2.75, 3.05) is 5.32 Å². The topological polar surface area (TPSA) is 59.3 Å². The number of nitrogens with one attached hydrogen (secondary N) is 1. The summed E-state index contributed by atoms with van der Waals surface area (Å²) in [6.45, 7) is 4.05. The molecule has 5 heteroatoms. The molecular formula is C20H22N4O. The third-order valence-electron chi connectivity index (χ3n) is 5.17. The molecule has 0 saturated heterocycles. The molecule has 1 aromatic carbocycles. The van der Waals surface area contributed by atoms with Crippen molar-refractivity contribution < 1.29 is 4.79 Å². The Kier molecular flexibility index (Phi) is 3.99. The molecule has 0 bridgehead atoms. The van der Waals surface area contributed by atoms with Crippen LogP contribution in [-0.4, -0.2) is 20.5 Å². The minimum atomic E-state index is -0.162. The molecule has 0 aliphatic heterocycles. The van der Waals surface area contributed by atoms with Gasteiger partial charge in [-0.2, -0.15) is 5.10 Å². The molecule has 3 aromatic rings. The highest BCUT2D eigenvalue weighted by Gasteiger charge is 2.19. The van der Waals surface area contributed by atoms with Crippen molar-refractivity contribution in [1.82, 2.24) is 14.6 Å². The Hall–Kier alpha value is -2.69. The van der Waals surface area contributed by atoms with E-state index in [1.165, 1.54) is 24.1 Å². The zero-order valence-corrected chi connectivity index (χ0v) is 14.7. The number of carbonyl (C=O) groups is 1. The summed E-state index contributed by atoms with van der Waals surface area (Å²) in [4.78, 5) is 17.3. The molecule has 0 fully saturated rings. The fraction of sp³-hybridized carbons (Fsp3) is 0.350. The van der Waals surface area contributed by atoms with Crippen molar-refractivity contribution in [1.29, 1.82) is 0 Å². The van der Waals surface area contributed by atoms with E-state index in [9.17, 15) is 4.79 Å². The molecule has 4 rings (SSSR count). The number of carbonyl (C=O) groups excluding carboxylic acids is 1. The summed E-state index contributed by atoms with van der Waals surface area (Å²) >= 11 is 0. The van der Waals surface area contributed by atoms with Crippen LogP contribution >= 0.6 is 0 Å². The first-order valence-corrected chi connectivity index (χ1v) is 8.87. The van der Waals surface area contributed by atoms with Crippen molar-refractivity contribution in [3.8, 4) is 0 Å². The summed E-state index contributed by atoms with van der Waals surface area (Å²) in [7, 11) is 0. The molecular weight excluding hydrogens is 312 g/mol. The summed E-state index contributed by atoms with van der Waals surface area (Å²) in [5.41, 5.74) is 6.69. The number of fused-ring (bicyclic) bond motifs is 3. The maximum atomic E-state index is 12.8. The van der Waals surface area contributed by atoms with E-state index >= 15 is 0 Å². The van der Waals surface area contributed by atoms with Gasteiger partial charge in [0.1, 0.15) is 5.56 Å². The number of aromatic nitrogens is 3. The molecule has 5 nitrogen and oxygen atoms in total. The Balaban J connectivity index is 1.71. The smallest absolute Gasteiger partial charge is 0.261 e. The van der Waals surface area contributed by atoms with Crippen LogP contribution in [0.1, 0.15) is 52.0 Å². The molecule has 1 aliphatic carbocycles.